The minimum atomic E-state index is 0.172. The molecule has 0 spiro atoms. The van der Waals surface area contributed by atoms with E-state index in [4.69, 9.17) is 0 Å². The van der Waals surface area contributed by atoms with E-state index < -0.39 is 0 Å². The summed E-state index contributed by atoms with van der Waals surface area (Å²) in [5.74, 6) is 1.96. The Morgan fingerprint density at radius 1 is 0.833 bits per heavy atom. The Labute approximate surface area is 111 Å². The van der Waals surface area contributed by atoms with Gasteiger partial charge in [-0.25, -0.2) is 0 Å². The van der Waals surface area contributed by atoms with E-state index in [9.17, 15) is 9.59 Å². The molecule has 2 nitrogen and oxygen atoms in total. The highest BCUT2D eigenvalue weighted by Crippen LogP contribution is 2.40. The fourth-order valence-corrected chi connectivity index (χ4v) is 4.04. The minimum absolute atomic E-state index is 0.172. The molecule has 2 saturated carbocycles. The van der Waals surface area contributed by atoms with E-state index in [-0.39, 0.29) is 11.8 Å². The van der Waals surface area contributed by atoms with Crippen LogP contribution in [-0.4, -0.2) is 11.6 Å². The molecule has 2 fully saturated rings. The summed E-state index contributed by atoms with van der Waals surface area (Å²) < 4.78 is 0. The van der Waals surface area contributed by atoms with Crippen molar-refractivity contribution in [2.24, 2.45) is 23.7 Å². The fourth-order valence-electron chi connectivity index (χ4n) is 4.04. The lowest BCUT2D eigenvalue weighted by Gasteiger charge is -2.38. The summed E-state index contributed by atoms with van der Waals surface area (Å²) in [6, 6.07) is 0. The smallest absolute Gasteiger partial charge is 0.136 e. The molecule has 0 N–H and O–H groups in total. The predicted molar refractivity (Wildman–Crippen MR) is 72.3 cm³/mol. The highest BCUT2D eigenvalue weighted by molar-refractivity contribution is 5.85. The molecule has 0 amide bonds. The van der Waals surface area contributed by atoms with Gasteiger partial charge < -0.3 is 0 Å². The van der Waals surface area contributed by atoms with Crippen LogP contribution in [0.3, 0.4) is 0 Å². The van der Waals surface area contributed by atoms with E-state index in [1.165, 1.54) is 12.8 Å². The van der Waals surface area contributed by atoms with Crippen molar-refractivity contribution in [1.29, 1.82) is 0 Å². The summed E-state index contributed by atoms with van der Waals surface area (Å²) in [5.41, 5.74) is 0. The van der Waals surface area contributed by atoms with Crippen molar-refractivity contribution in [3.05, 3.63) is 0 Å². The SMILES string of the molecule is CC(C)C(C1CCCCC1=O)C1CCCCC1=O. The molecule has 0 aromatic heterocycles. The average molecular weight is 250 g/mol. The molecule has 102 valence electrons. The topological polar surface area (TPSA) is 34.1 Å². The summed E-state index contributed by atoms with van der Waals surface area (Å²) in [7, 11) is 0. The van der Waals surface area contributed by atoms with Crippen LogP contribution in [0.1, 0.15) is 65.2 Å². The molecule has 2 unspecified atom stereocenters. The van der Waals surface area contributed by atoms with Gasteiger partial charge in [-0.2, -0.15) is 0 Å². The van der Waals surface area contributed by atoms with Gasteiger partial charge in [0.2, 0.25) is 0 Å². The second kappa shape index (κ2) is 5.99. The quantitative estimate of drug-likeness (QED) is 0.764. The van der Waals surface area contributed by atoms with Gasteiger partial charge in [0.05, 0.1) is 0 Å². The molecule has 0 heterocycles. The monoisotopic (exact) mass is 250 g/mol. The standard InChI is InChI=1S/C16H26O2/c1-11(2)16(12-7-3-5-9-14(12)17)13-8-4-6-10-15(13)18/h11-13,16H,3-10H2,1-2H3. The number of hydrogen-bond acceptors (Lipinski definition) is 2. The summed E-state index contributed by atoms with van der Waals surface area (Å²) in [6.07, 6.45) is 7.97. The molecule has 2 atom stereocenters. The Kier molecular flexibility index (Phi) is 4.58. The number of ketones is 2. The zero-order valence-electron chi connectivity index (χ0n) is 11.8. The van der Waals surface area contributed by atoms with Crippen molar-refractivity contribution in [1.82, 2.24) is 0 Å². The van der Waals surface area contributed by atoms with Gasteiger partial charge in [0.1, 0.15) is 11.6 Å². The van der Waals surface area contributed by atoms with Crippen molar-refractivity contribution in [2.75, 3.05) is 0 Å². The van der Waals surface area contributed by atoms with Gasteiger partial charge in [0, 0.05) is 24.7 Å². The Hall–Kier alpha value is -0.660. The molecule has 0 radical (unpaired) electrons. The first-order chi connectivity index (χ1) is 8.61. The van der Waals surface area contributed by atoms with E-state index >= 15 is 0 Å². The zero-order chi connectivity index (χ0) is 13.1. The van der Waals surface area contributed by atoms with E-state index in [0.717, 1.165) is 38.5 Å². The van der Waals surface area contributed by atoms with Crippen LogP contribution in [0.4, 0.5) is 0 Å². The van der Waals surface area contributed by atoms with Crippen molar-refractivity contribution in [3.63, 3.8) is 0 Å². The lowest BCUT2D eigenvalue weighted by molar-refractivity contribution is -0.133. The second-order valence-corrected chi connectivity index (χ2v) is 6.46. The van der Waals surface area contributed by atoms with E-state index in [1.54, 1.807) is 0 Å². The molecular weight excluding hydrogens is 224 g/mol. The van der Waals surface area contributed by atoms with Crippen LogP contribution < -0.4 is 0 Å². The van der Waals surface area contributed by atoms with Crippen molar-refractivity contribution in [2.45, 2.75) is 65.2 Å². The maximum absolute atomic E-state index is 12.2. The lowest BCUT2D eigenvalue weighted by Crippen LogP contribution is -2.39. The highest BCUT2D eigenvalue weighted by atomic mass is 16.1. The predicted octanol–water partition coefficient (Wildman–Crippen LogP) is 3.78. The first-order valence-electron chi connectivity index (χ1n) is 7.66. The number of Topliss-reactive ketones (excluding diaryl/α,β-unsaturated/α-hetero) is 2. The first kappa shape index (κ1) is 13.8. The molecule has 2 aliphatic rings. The van der Waals surface area contributed by atoms with Crippen molar-refractivity contribution in [3.8, 4) is 0 Å². The van der Waals surface area contributed by atoms with Crippen LogP contribution in [0.25, 0.3) is 0 Å². The normalized spacial score (nSPS) is 31.7. The Morgan fingerprint density at radius 3 is 1.61 bits per heavy atom. The van der Waals surface area contributed by atoms with Crippen LogP contribution in [-0.2, 0) is 9.59 Å². The molecular formula is C16H26O2. The summed E-state index contributed by atoms with van der Waals surface area (Å²) in [4.78, 5) is 24.4. The Balaban J connectivity index is 2.16. The van der Waals surface area contributed by atoms with Gasteiger partial charge in [-0.3, -0.25) is 9.59 Å². The fraction of sp³-hybridized carbons (Fsp3) is 0.875. The summed E-state index contributed by atoms with van der Waals surface area (Å²) in [5, 5.41) is 0. The number of hydrogen-bond donors (Lipinski definition) is 0. The Bertz CT molecular complexity index is 291. The first-order valence-corrected chi connectivity index (χ1v) is 7.66. The molecule has 2 rings (SSSR count). The van der Waals surface area contributed by atoms with Gasteiger partial charge in [0.15, 0.2) is 0 Å². The summed E-state index contributed by atoms with van der Waals surface area (Å²) in [6.45, 7) is 4.38. The van der Waals surface area contributed by atoms with Crippen LogP contribution in [0, 0.1) is 23.7 Å². The zero-order valence-corrected chi connectivity index (χ0v) is 11.8. The van der Waals surface area contributed by atoms with Crippen LogP contribution in [0.2, 0.25) is 0 Å². The number of carbonyl (C=O) groups excluding carboxylic acids is 2. The largest absolute Gasteiger partial charge is 0.299 e. The van der Waals surface area contributed by atoms with Gasteiger partial charge in [0.25, 0.3) is 0 Å². The molecule has 0 aromatic rings. The summed E-state index contributed by atoms with van der Waals surface area (Å²) >= 11 is 0. The average Bonchev–Trinajstić information content (AvgIpc) is 2.34. The van der Waals surface area contributed by atoms with Crippen molar-refractivity contribution < 1.29 is 9.59 Å². The maximum Gasteiger partial charge on any atom is 0.136 e. The van der Waals surface area contributed by atoms with Gasteiger partial charge in [-0.05, 0) is 37.5 Å². The Morgan fingerprint density at radius 2 is 1.28 bits per heavy atom. The molecule has 18 heavy (non-hydrogen) atoms. The van der Waals surface area contributed by atoms with E-state index in [0.29, 0.717) is 23.4 Å². The van der Waals surface area contributed by atoms with Crippen LogP contribution in [0.15, 0.2) is 0 Å². The minimum Gasteiger partial charge on any atom is -0.299 e. The molecule has 0 saturated heterocycles. The molecule has 0 aliphatic heterocycles. The van der Waals surface area contributed by atoms with E-state index in [1.807, 2.05) is 0 Å². The van der Waals surface area contributed by atoms with Crippen LogP contribution >= 0.6 is 0 Å². The third-order valence-electron chi connectivity index (χ3n) is 4.90. The van der Waals surface area contributed by atoms with Gasteiger partial charge in [-0.1, -0.05) is 26.7 Å². The molecule has 2 aliphatic carbocycles. The number of carbonyl (C=O) groups is 2. The van der Waals surface area contributed by atoms with Crippen LogP contribution in [0.5, 0.6) is 0 Å². The molecule has 0 bridgehead atoms. The third kappa shape index (κ3) is 2.84. The van der Waals surface area contributed by atoms with Crippen molar-refractivity contribution >= 4 is 11.6 Å². The molecule has 2 heteroatoms. The highest BCUT2D eigenvalue weighted by Gasteiger charge is 2.40. The van der Waals surface area contributed by atoms with Gasteiger partial charge >= 0.3 is 0 Å². The third-order valence-corrected chi connectivity index (χ3v) is 4.90. The second-order valence-electron chi connectivity index (χ2n) is 6.46. The lowest BCUT2D eigenvalue weighted by atomic mass is 9.65. The molecule has 0 aromatic carbocycles. The van der Waals surface area contributed by atoms with Gasteiger partial charge in [-0.15, -0.1) is 0 Å². The maximum atomic E-state index is 12.2. The van der Waals surface area contributed by atoms with E-state index in [2.05, 4.69) is 13.8 Å². The number of rotatable bonds is 3.